The SMILES string of the molecule is O=S(=O)(O)C(c1cccc(O)c1)(c1ccc(O)c(Cl)c1)c1cc(Cl)c(Cl)cc1Cl. The van der Waals surface area contributed by atoms with Crippen molar-refractivity contribution >= 4 is 56.5 Å². The summed E-state index contributed by atoms with van der Waals surface area (Å²) in [4.78, 5) is 0. The molecule has 1 atom stereocenters. The van der Waals surface area contributed by atoms with Crippen molar-refractivity contribution in [2.75, 3.05) is 0 Å². The van der Waals surface area contributed by atoms with E-state index in [2.05, 4.69) is 0 Å². The lowest BCUT2D eigenvalue weighted by molar-refractivity contribution is 0.455. The molecule has 0 spiro atoms. The van der Waals surface area contributed by atoms with E-state index >= 15 is 0 Å². The van der Waals surface area contributed by atoms with Gasteiger partial charge in [-0.3, -0.25) is 4.55 Å². The fourth-order valence-electron chi connectivity index (χ4n) is 3.16. The maximum absolute atomic E-state index is 12.9. The number of phenolic OH excluding ortho intramolecular Hbond substituents is 2. The van der Waals surface area contributed by atoms with E-state index in [0.717, 1.165) is 6.07 Å². The normalized spacial score (nSPS) is 13.8. The largest absolute Gasteiger partial charge is 0.508 e. The molecule has 0 saturated heterocycles. The molecule has 0 aliphatic heterocycles. The van der Waals surface area contributed by atoms with Crippen LogP contribution in [0, 0.1) is 0 Å². The molecular formula is C19H12Cl4O5S. The number of phenols is 2. The van der Waals surface area contributed by atoms with Gasteiger partial charge in [-0.1, -0.05) is 64.6 Å². The molecule has 3 aromatic carbocycles. The Morgan fingerprint density at radius 1 is 0.724 bits per heavy atom. The van der Waals surface area contributed by atoms with E-state index in [0.29, 0.717) is 0 Å². The van der Waals surface area contributed by atoms with Crippen LogP contribution < -0.4 is 0 Å². The van der Waals surface area contributed by atoms with E-state index < -0.39 is 14.9 Å². The summed E-state index contributed by atoms with van der Waals surface area (Å²) in [5, 5.41) is 19.6. The van der Waals surface area contributed by atoms with Crippen molar-refractivity contribution in [3.63, 3.8) is 0 Å². The van der Waals surface area contributed by atoms with E-state index in [9.17, 15) is 23.2 Å². The first kappa shape index (κ1) is 22.0. The highest BCUT2D eigenvalue weighted by Gasteiger charge is 2.50. The molecule has 0 fully saturated rings. The Hall–Kier alpha value is -1.67. The highest BCUT2D eigenvalue weighted by atomic mass is 35.5. The monoisotopic (exact) mass is 492 g/mol. The van der Waals surface area contributed by atoms with Crippen LogP contribution >= 0.6 is 46.4 Å². The minimum Gasteiger partial charge on any atom is -0.508 e. The van der Waals surface area contributed by atoms with E-state index in [1.54, 1.807) is 0 Å². The van der Waals surface area contributed by atoms with Crippen LogP contribution in [0.25, 0.3) is 0 Å². The van der Waals surface area contributed by atoms with E-state index in [-0.39, 0.29) is 48.3 Å². The average molecular weight is 494 g/mol. The topological polar surface area (TPSA) is 94.8 Å². The van der Waals surface area contributed by atoms with E-state index in [4.69, 9.17) is 46.4 Å². The third kappa shape index (κ3) is 3.77. The number of halogens is 4. The Morgan fingerprint density at radius 2 is 1.34 bits per heavy atom. The number of benzene rings is 3. The van der Waals surface area contributed by atoms with Gasteiger partial charge in [0.25, 0.3) is 10.1 Å². The molecule has 29 heavy (non-hydrogen) atoms. The number of rotatable bonds is 4. The van der Waals surface area contributed by atoms with Crippen LogP contribution in [0.5, 0.6) is 11.5 Å². The van der Waals surface area contributed by atoms with Crippen LogP contribution in [-0.2, 0) is 14.9 Å². The Balaban J connectivity index is 2.58. The first-order valence-corrected chi connectivity index (χ1v) is 10.8. The molecule has 0 heterocycles. The smallest absolute Gasteiger partial charge is 0.283 e. The molecule has 3 aromatic rings. The Kier molecular flexibility index (Phi) is 5.98. The van der Waals surface area contributed by atoms with Crippen LogP contribution in [0.3, 0.4) is 0 Å². The molecule has 0 aliphatic carbocycles. The molecule has 3 N–H and O–H groups in total. The van der Waals surface area contributed by atoms with E-state index in [1.807, 2.05) is 0 Å². The lowest BCUT2D eigenvalue weighted by Crippen LogP contribution is -2.38. The van der Waals surface area contributed by atoms with Crippen LogP contribution in [-0.4, -0.2) is 23.2 Å². The minimum absolute atomic E-state index is 0.0101. The summed E-state index contributed by atoms with van der Waals surface area (Å²) in [7, 11) is -5.02. The van der Waals surface area contributed by atoms with Gasteiger partial charge >= 0.3 is 0 Å². The van der Waals surface area contributed by atoms with Crippen molar-refractivity contribution < 1.29 is 23.2 Å². The quantitative estimate of drug-likeness (QED) is 0.239. The van der Waals surface area contributed by atoms with Gasteiger partial charge in [-0.2, -0.15) is 8.42 Å². The van der Waals surface area contributed by atoms with Gasteiger partial charge in [0.05, 0.1) is 15.1 Å². The zero-order valence-corrected chi connectivity index (χ0v) is 18.1. The maximum atomic E-state index is 12.9. The lowest BCUT2D eigenvalue weighted by Gasteiger charge is -2.33. The highest BCUT2D eigenvalue weighted by molar-refractivity contribution is 7.87. The molecule has 0 radical (unpaired) electrons. The summed E-state index contributed by atoms with van der Waals surface area (Å²) in [5.74, 6) is -0.549. The van der Waals surface area contributed by atoms with Gasteiger partial charge in [0.15, 0.2) is 4.75 Å². The Bertz CT molecular complexity index is 1210. The minimum atomic E-state index is -5.02. The molecular weight excluding hydrogens is 482 g/mol. The molecule has 152 valence electrons. The van der Waals surface area contributed by atoms with Crippen molar-refractivity contribution in [1.29, 1.82) is 0 Å². The second-order valence-corrected chi connectivity index (χ2v) is 9.31. The van der Waals surface area contributed by atoms with Crippen molar-refractivity contribution in [2.45, 2.75) is 4.75 Å². The maximum Gasteiger partial charge on any atom is 0.283 e. The Labute approximate surface area is 186 Å². The standard InChI is InChI=1S/C19H12Cl4O5S/c20-14-9-16(22)15(21)8-13(14)19(29(26,27)28,10-2-1-3-12(24)6-10)11-4-5-18(25)17(23)7-11/h1-9,24-25H,(H,26,27,28). The van der Waals surface area contributed by atoms with Crippen molar-refractivity contribution in [3.8, 4) is 11.5 Å². The van der Waals surface area contributed by atoms with Crippen molar-refractivity contribution in [1.82, 2.24) is 0 Å². The molecule has 3 rings (SSSR count). The Morgan fingerprint density at radius 3 is 1.93 bits per heavy atom. The highest BCUT2D eigenvalue weighted by Crippen LogP contribution is 2.49. The summed E-state index contributed by atoms with van der Waals surface area (Å²) < 4.78 is 34.0. The molecule has 0 bridgehead atoms. The van der Waals surface area contributed by atoms with Crippen molar-refractivity contribution in [3.05, 3.63) is 91.4 Å². The molecule has 1 unspecified atom stereocenters. The van der Waals surface area contributed by atoms with Gasteiger partial charge in [-0.25, -0.2) is 0 Å². The predicted octanol–water partition coefficient (Wildman–Crippen LogP) is 5.89. The number of aromatic hydroxyl groups is 2. The fourth-order valence-corrected chi connectivity index (χ4v) is 5.38. The van der Waals surface area contributed by atoms with Crippen LogP contribution in [0.15, 0.2) is 54.6 Å². The molecule has 0 aliphatic rings. The average Bonchev–Trinajstić information content (AvgIpc) is 2.62. The van der Waals surface area contributed by atoms with Gasteiger partial charge in [0.2, 0.25) is 0 Å². The fraction of sp³-hybridized carbons (Fsp3) is 0.0526. The first-order valence-electron chi connectivity index (χ1n) is 7.89. The second-order valence-electron chi connectivity index (χ2n) is 6.12. The predicted molar refractivity (Wildman–Crippen MR) is 114 cm³/mol. The van der Waals surface area contributed by atoms with Crippen LogP contribution in [0.4, 0.5) is 0 Å². The van der Waals surface area contributed by atoms with Crippen molar-refractivity contribution in [2.24, 2.45) is 0 Å². The third-order valence-electron chi connectivity index (χ3n) is 4.38. The number of hydrogen-bond acceptors (Lipinski definition) is 4. The first-order chi connectivity index (χ1) is 13.5. The van der Waals surface area contributed by atoms with Gasteiger partial charge in [0.1, 0.15) is 11.5 Å². The van der Waals surface area contributed by atoms with Gasteiger partial charge in [-0.05, 0) is 47.5 Å². The summed E-state index contributed by atoms with van der Waals surface area (Å²) in [6, 6.07) is 11.3. The molecule has 0 amide bonds. The van der Waals surface area contributed by atoms with Gasteiger partial charge in [-0.15, -0.1) is 0 Å². The summed E-state index contributed by atoms with van der Waals surface area (Å²) >= 11 is 24.5. The van der Waals surface area contributed by atoms with Crippen LogP contribution in [0.1, 0.15) is 16.7 Å². The zero-order valence-electron chi connectivity index (χ0n) is 14.3. The molecule has 0 aromatic heterocycles. The molecule has 0 saturated carbocycles. The lowest BCUT2D eigenvalue weighted by atomic mass is 9.83. The summed E-state index contributed by atoms with van der Waals surface area (Å²) in [6.07, 6.45) is 0. The van der Waals surface area contributed by atoms with E-state index in [1.165, 1.54) is 48.5 Å². The van der Waals surface area contributed by atoms with Crippen LogP contribution in [0.2, 0.25) is 20.1 Å². The second kappa shape index (κ2) is 7.87. The zero-order chi connectivity index (χ0) is 21.6. The van der Waals surface area contributed by atoms with Gasteiger partial charge in [0, 0.05) is 10.6 Å². The molecule has 5 nitrogen and oxygen atoms in total. The third-order valence-corrected chi connectivity index (χ3v) is 7.19. The summed E-state index contributed by atoms with van der Waals surface area (Å²) in [5.41, 5.74) is -0.209. The summed E-state index contributed by atoms with van der Waals surface area (Å²) in [6.45, 7) is 0. The number of hydrogen-bond donors (Lipinski definition) is 3. The van der Waals surface area contributed by atoms with Gasteiger partial charge < -0.3 is 10.2 Å². The molecule has 10 heteroatoms.